The number of nitrogens with zero attached hydrogens (tertiary/aromatic N) is 1. The number of hydrogen-bond acceptors (Lipinski definition) is 2. The quantitative estimate of drug-likeness (QED) is 0.826. The standard InChI is InChI=1S/C20H29FN2O/c1-2-3-11-23-12-7-6-8-15(23)14-22-20(24)18-13-17(18)16-9-4-5-10-19(16)21/h4-5,9-10,15,17-18H,2-3,6-8,11-14H2,1H3,(H,22,24). The van der Waals surface area contributed by atoms with Gasteiger partial charge in [-0.15, -0.1) is 0 Å². The van der Waals surface area contributed by atoms with Crippen LogP contribution in [0.15, 0.2) is 24.3 Å². The Bertz CT molecular complexity index is 562. The molecule has 1 aromatic rings. The van der Waals surface area contributed by atoms with Crippen molar-refractivity contribution in [2.24, 2.45) is 5.92 Å². The van der Waals surface area contributed by atoms with E-state index < -0.39 is 0 Å². The monoisotopic (exact) mass is 332 g/mol. The number of carbonyl (C=O) groups is 1. The Kier molecular flexibility index (Phi) is 5.88. The topological polar surface area (TPSA) is 32.3 Å². The van der Waals surface area contributed by atoms with E-state index in [1.807, 2.05) is 6.07 Å². The summed E-state index contributed by atoms with van der Waals surface area (Å²) in [5.74, 6) is -0.0663. The summed E-state index contributed by atoms with van der Waals surface area (Å²) < 4.78 is 13.8. The van der Waals surface area contributed by atoms with Crippen LogP contribution < -0.4 is 5.32 Å². The van der Waals surface area contributed by atoms with Gasteiger partial charge in [-0.25, -0.2) is 4.39 Å². The van der Waals surface area contributed by atoms with E-state index in [1.165, 1.54) is 38.2 Å². The molecule has 4 heteroatoms. The van der Waals surface area contributed by atoms with Crippen LogP contribution in [0.4, 0.5) is 4.39 Å². The van der Waals surface area contributed by atoms with Crippen molar-refractivity contribution < 1.29 is 9.18 Å². The van der Waals surface area contributed by atoms with Crippen molar-refractivity contribution in [1.82, 2.24) is 10.2 Å². The molecule has 0 aromatic heterocycles. The third-order valence-corrected chi connectivity index (χ3v) is 5.49. The summed E-state index contributed by atoms with van der Waals surface area (Å²) in [6.45, 7) is 5.25. The van der Waals surface area contributed by atoms with Crippen molar-refractivity contribution in [2.75, 3.05) is 19.6 Å². The Labute approximate surface area is 144 Å². The van der Waals surface area contributed by atoms with Crippen molar-refractivity contribution in [1.29, 1.82) is 0 Å². The Balaban J connectivity index is 1.48. The minimum atomic E-state index is -0.184. The summed E-state index contributed by atoms with van der Waals surface area (Å²) in [7, 11) is 0. The van der Waals surface area contributed by atoms with Gasteiger partial charge in [0, 0.05) is 18.5 Å². The predicted octanol–water partition coefficient (Wildman–Crippen LogP) is 3.70. The molecule has 24 heavy (non-hydrogen) atoms. The molecule has 132 valence electrons. The lowest BCUT2D eigenvalue weighted by Crippen LogP contribution is -2.47. The van der Waals surface area contributed by atoms with Gasteiger partial charge in [0.05, 0.1) is 0 Å². The highest BCUT2D eigenvalue weighted by Crippen LogP contribution is 2.48. The smallest absolute Gasteiger partial charge is 0.223 e. The highest BCUT2D eigenvalue weighted by Gasteiger charge is 2.45. The summed E-state index contributed by atoms with van der Waals surface area (Å²) in [6.07, 6.45) is 6.91. The van der Waals surface area contributed by atoms with Crippen molar-refractivity contribution in [2.45, 2.75) is 57.4 Å². The highest BCUT2D eigenvalue weighted by atomic mass is 19.1. The first kappa shape index (κ1) is 17.4. The lowest BCUT2D eigenvalue weighted by Gasteiger charge is -2.35. The molecule has 1 aromatic carbocycles. The molecule has 2 aliphatic rings. The minimum absolute atomic E-state index is 0.0467. The van der Waals surface area contributed by atoms with Crippen molar-refractivity contribution in [3.8, 4) is 0 Å². The molecule has 3 atom stereocenters. The zero-order chi connectivity index (χ0) is 16.9. The van der Waals surface area contributed by atoms with Gasteiger partial charge in [0.15, 0.2) is 0 Å². The van der Waals surface area contributed by atoms with E-state index >= 15 is 0 Å². The number of piperidine rings is 1. The van der Waals surface area contributed by atoms with Crippen LogP contribution in [0.2, 0.25) is 0 Å². The first-order valence-electron chi connectivity index (χ1n) is 9.47. The van der Waals surface area contributed by atoms with Gasteiger partial charge in [-0.05, 0) is 56.3 Å². The third kappa shape index (κ3) is 4.15. The number of amides is 1. The van der Waals surface area contributed by atoms with Crippen molar-refractivity contribution in [3.63, 3.8) is 0 Å². The van der Waals surface area contributed by atoms with Crippen LogP contribution in [0.1, 0.15) is 56.9 Å². The van der Waals surface area contributed by atoms with E-state index in [2.05, 4.69) is 17.1 Å². The first-order chi connectivity index (χ1) is 11.7. The van der Waals surface area contributed by atoms with E-state index in [9.17, 15) is 9.18 Å². The maximum absolute atomic E-state index is 13.8. The fourth-order valence-electron chi connectivity index (χ4n) is 3.90. The molecule has 3 unspecified atom stereocenters. The van der Waals surface area contributed by atoms with Gasteiger partial charge in [0.1, 0.15) is 5.82 Å². The van der Waals surface area contributed by atoms with Crippen LogP contribution in [0.3, 0.4) is 0 Å². The van der Waals surface area contributed by atoms with E-state index in [0.29, 0.717) is 11.6 Å². The maximum Gasteiger partial charge on any atom is 0.223 e. The Hall–Kier alpha value is -1.42. The van der Waals surface area contributed by atoms with Gasteiger partial charge in [0.25, 0.3) is 0 Å². The zero-order valence-corrected chi connectivity index (χ0v) is 14.6. The van der Waals surface area contributed by atoms with Gasteiger partial charge < -0.3 is 5.32 Å². The molecule has 1 saturated heterocycles. The molecule has 0 bridgehead atoms. The van der Waals surface area contributed by atoms with Crippen LogP contribution in [-0.2, 0) is 4.79 Å². The van der Waals surface area contributed by atoms with Gasteiger partial charge in [-0.3, -0.25) is 9.69 Å². The lowest BCUT2D eigenvalue weighted by molar-refractivity contribution is -0.122. The van der Waals surface area contributed by atoms with Gasteiger partial charge in [0.2, 0.25) is 5.91 Å². The minimum Gasteiger partial charge on any atom is -0.354 e. The zero-order valence-electron chi connectivity index (χ0n) is 14.6. The number of nitrogens with one attached hydrogen (secondary N) is 1. The first-order valence-corrected chi connectivity index (χ1v) is 9.47. The molecule has 1 heterocycles. The maximum atomic E-state index is 13.8. The molecule has 1 aliphatic heterocycles. The number of likely N-dealkylation sites (tertiary alicyclic amines) is 1. The average molecular weight is 332 g/mol. The van der Waals surface area contributed by atoms with Gasteiger partial charge >= 0.3 is 0 Å². The SMILES string of the molecule is CCCCN1CCCCC1CNC(=O)C1CC1c1ccccc1F. The lowest BCUT2D eigenvalue weighted by atomic mass is 10.0. The number of benzene rings is 1. The molecular formula is C20H29FN2O. The Morgan fingerprint density at radius 3 is 2.96 bits per heavy atom. The second-order valence-corrected chi connectivity index (χ2v) is 7.25. The Morgan fingerprint density at radius 2 is 2.17 bits per heavy atom. The number of hydrogen-bond donors (Lipinski definition) is 1. The van der Waals surface area contributed by atoms with Crippen LogP contribution in [0, 0.1) is 11.7 Å². The molecule has 3 nitrogen and oxygen atoms in total. The van der Waals surface area contributed by atoms with E-state index in [0.717, 1.165) is 26.1 Å². The molecule has 3 rings (SSSR count). The van der Waals surface area contributed by atoms with Gasteiger partial charge in [-0.1, -0.05) is 38.0 Å². The highest BCUT2D eigenvalue weighted by molar-refractivity contribution is 5.82. The number of halogens is 1. The molecule has 0 spiro atoms. The van der Waals surface area contributed by atoms with E-state index in [1.54, 1.807) is 12.1 Å². The van der Waals surface area contributed by atoms with Gasteiger partial charge in [-0.2, -0.15) is 0 Å². The number of carbonyl (C=O) groups excluding carboxylic acids is 1. The molecule has 1 amide bonds. The van der Waals surface area contributed by atoms with Crippen LogP contribution in [0.25, 0.3) is 0 Å². The second kappa shape index (κ2) is 8.11. The van der Waals surface area contributed by atoms with Crippen molar-refractivity contribution >= 4 is 5.91 Å². The largest absolute Gasteiger partial charge is 0.354 e. The molecule has 1 N–H and O–H groups in total. The summed E-state index contributed by atoms with van der Waals surface area (Å²) in [5.41, 5.74) is 0.694. The van der Waals surface area contributed by atoms with Crippen molar-refractivity contribution in [3.05, 3.63) is 35.6 Å². The van der Waals surface area contributed by atoms with E-state index in [4.69, 9.17) is 0 Å². The molecule has 1 aliphatic carbocycles. The summed E-state index contributed by atoms with van der Waals surface area (Å²) in [4.78, 5) is 14.9. The average Bonchev–Trinajstić information content (AvgIpc) is 3.39. The number of rotatable bonds is 7. The normalized spacial score (nSPS) is 27.0. The third-order valence-electron chi connectivity index (χ3n) is 5.49. The van der Waals surface area contributed by atoms with Crippen LogP contribution in [-0.4, -0.2) is 36.5 Å². The predicted molar refractivity (Wildman–Crippen MR) is 94.4 cm³/mol. The summed E-state index contributed by atoms with van der Waals surface area (Å²) in [5, 5.41) is 3.14. The fourth-order valence-corrected chi connectivity index (χ4v) is 3.90. The van der Waals surface area contributed by atoms with Crippen LogP contribution in [0.5, 0.6) is 0 Å². The second-order valence-electron chi connectivity index (χ2n) is 7.25. The molecule has 1 saturated carbocycles. The number of unbranched alkanes of at least 4 members (excludes halogenated alkanes) is 1. The van der Waals surface area contributed by atoms with E-state index in [-0.39, 0.29) is 23.6 Å². The molecular weight excluding hydrogens is 303 g/mol. The summed E-state index contributed by atoms with van der Waals surface area (Å²) >= 11 is 0. The fraction of sp³-hybridized carbons (Fsp3) is 0.650. The molecule has 2 fully saturated rings. The molecule has 0 radical (unpaired) electrons. The Morgan fingerprint density at radius 1 is 1.33 bits per heavy atom. The summed E-state index contributed by atoms with van der Waals surface area (Å²) in [6, 6.07) is 7.31. The van der Waals surface area contributed by atoms with Crippen LogP contribution >= 0.6 is 0 Å².